The van der Waals surface area contributed by atoms with Gasteiger partial charge < -0.3 is 35.8 Å². The maximum absolute atomic E-state index is 12.9. The van der Waals surface area contributed by atoms with Crippen molar-refractivity contribution in [3.05, 3.63) is 48.7 Å². The van der Waals surface area contributed by atoms with Crippen molar-refractivity contribution in [3.8, 4) is 0 Å². The van der Waals surface area contributed by atoms with Gasteiger partial charge in [0.1, 0.15) is 24.7 Å². The van der Waals surface area contributed by atoms with Gasteiger partial charge in [-0.1, -0.05) is 64.6 Å². The summed E-state index contributed by atoms with van der Waals surface area (Å²) in [5, 5.41) is 19.9. The molecule has 0 radical (unpaired) electrons. The topological polar surface area (TPSA) is 172 Å². The monoisotopic (exact) mass is 562 g/mol. The van der Waals surface area contributed by atoms with Crippen molar-refractivity contribution in [2.45, 2.75) is 71.7 Å². The molecule has 1 aromatic carbocycles. The van der Waals surface area contributed by atoms with Crippen molar-refractivity contribution in [2.24, 2.45) is 11.8 Å². The molecule has 0 bridgehead atoms. The zero-order valence-corrected chi connectivity index (χ0v) is 23.6. The minimum Gasteiger partial charge on any atom is -0.445 e. The van der Waals surface area contributed by atoms with E-state index >= 15 is 0 Å². The number of nitrogens with one attached hydrogen (secondary N) is 4. The van der Waals surface area contributed by atoms with Gasteiger partial charge in [0.25, 0.3) is 0 Å². The molecule has 0 saturated heterocycles. The first-order valence-corrected chi connectivity index (χ1v) is 13.2. The highest BCUT2D eigenvalue weighted by Gasteiger charge is 2.31. The molecule has 0 aliphatic rings. The van der Waals surface area contributed by atoms with Crippen LogP contribution in [-0.2, 0) is 35.3 Å². The number of benzene rings is 1. The van der Waals surface area contributed by atoms with Gasteiger partial charge in [-0.25, -0.2) is 9.59 Å². The number of hydrogen-bond donors (Lipinski definition) is 5. The number of carbonyl (C=O) groups excluding carboxylic acids is 5. The number of carbonyl (C=O) groups is 5. The molecule has 0 spiro atoms. The number of esters is 1. The van der Waals surface area contributed by atoms with Gasteiger partial charge in [0.2, 0.25) is 17.7 Å². The lowest BCUT2D eigenvalue weighted by Crippen LogP contribution is -2.58. The fraction of sp³-hybridized carbons (Fsp3) is 0.536. The summed E-state index contributed by atoms with van der Waals surface area (Å²) in [7, 11) is 0. The van der Waals surface area contributed by atoms with E-state index in [0.717, 1.165) is 11.8 Å². The Morgan fingerprint density at radius 1 is 0.950 bits per heavy atom. The molecule has 0 unspecified atom stereocenters. The van der Waals surface area contributed by atoms with Crippen molar-refractivity contribution in [1.29, 1.82) is 0 Å². The van der Waals surface area contributed by atoms with Gasteiger partial charge in [-0.15, -0.1) is 0 Å². The quantitative estimate of drug-likeness (QED) is 0.108. The molecule has 222 valence electrons. The van der Waals surface area contributed by atoms with Gasteiger partial charge in [0, 0.05) is 13.0 Å². The Hall–Kier alpha value is -3.93. The van der Waals surface area contributed by atoms with Gasteiger partial charge in [0.15, 0.2) is 0 Å². The van der Waals surface area contributed by atoms with Crippen molar-refractivity contribution in [3.63, 3.8) is 0 Å². The highest BCUT2D eigenvalue weighted by atomic mass is 16.5. The van der Waals surface area contributed by atoms with Crippen LogP contribution in [0.2, 0.25) is 0 Å². The van der Waals surface area contributed by atoms with E-state index in [4.69, 9.17) is 9.47 Å². The van der Waals surface area contributed by atoms with E-state index < -0.39 is 54.5 Å². The number of alkyl carbamates (subject to hydrolysis) is 1. The average molecular weight is 563 g/mol. The van der Waals surface area contributed by atoms with Crippen LogP contribution in [0.25, 0.3) is 0 Å². The summed E-state index contributed by atoms with van der Waals surface area (Å²) >= 11 is 0. The second kappa shape index (κ2) is 18.4. The molecule has 3 atom stereocenters. The Morgan fingerprint density at radius 3 is 2.17 bits per heavy atom. The lowest BCUT2D eigenvalue weighted by atomic mass is 10.0. The van der Waals surface area contributed by atoms with E-state index in [1.165, 1.54) is 0 Å². The van der Waals surface area contributed by atoms with Crippen molar-refractivity contribution in [2.75, 3.05) is 13.2 Å². The smallest absolute Gasteiger partial charge is 0.407 e. The fourth-order valence-corrected chi connectivity index (χ4v) is 3.57. The number of aliphatic hydroxyl groups excluding tert-OH is 1. The summed E-state index contributed by atoms with van der Waals surface area (Å²) in [5.41, 5.74) is 0.849. The molecule has 12 nitrogen and oxygen atoms in total. The summed E-state index contributed by atoms with van der Waals surface area (Å²) in [6, 6.07) is 5.85. The standard InChI is InChI=1S/C28H42N4O8/c1-6-39-27(37)21(15-18(2)3)30-25(35)22(16-33)31-26(36)24(19(4)5)32-23(34)13-10-14-29-28(38)40-17-20-11-8-7-9-12-20/h6-9,11-12,18-19,21-22,24,33H,1,10,13-17H2,2-5H3,(H,29,38)(H,30,35)(H,31,36)(H,32,34)/t21-,22-,24-/m0/s1. The first-order chi connectivity index (χ1) is 19.0. The van der Waals surface area contributed by atoms with Gasteiger partial charge in [-0.2, -0.15) is 0 Å². The Bertz CT molecular complexity index is 984. The molecular formula is C28H42N4O8. The third kappa shape index (κ3) is 13.2. The van der Waals surface area contributed by atoms with E-state index in [1.54, 1.807) is 13.8 Å². The molecule has 0 aliphatic heterocycles. The molecule has 0 heterocycles. The van der Waals surface area contributed by atoms with Crippen LogP contribution in [0, 0.1) is 11.8 Å². The fourth-order valence-electron chi connectivity index (χ4n) is 3.57. The molecule has 1 rings (SSSR count). The van der Waals surface area contributed by atoms with Crippen molar-refractivity contribution < 1.29 is 38.6 Å². The maximum atomic E-state index is 12.9. The van der Waals surface area contributed by atoms with Crippen LogP contribution in [0.4, 0.5) is 4.79 Å². The molecule has 0 fully saturated rings. The third-order valence-electron chi connectivity index (χ3n) is 5.65. The van der Waals surface area contributed by atoms with Gasteiger partial charge in [0.05, 0.1) is 12.9 Å². The maximum Gasteiger partial charge on any atom is 0.407 e. The molecular weight excluding hydrogens is 520 g/mol. The Morgan fingerprint density at radius 2 is 1.60 bits per heavy atom. The predicted molar refractivity (Wildman–Crippen MR) is 147 cm³/mol. The van der Waals surface area contributed by atoms with Crippen LogP contribution in [0.15, 0.2) is 43.2 Å². The number of hydrogen-bond acceptors (Lipinski definition) is 8. The van der Waals surface area contributed by atoms with Crippen LogP contribution in [0.1, 0.15) is 52.5 Å². The Labute approximate surface area is 235 Å². The second-order valence-electron chi connectivity index (χ2n) is 9.92. The van der Waals surface area contributed by atoms with Crippen LogP contribution >= 0.6 is 0 Å². The van der Waals surface area contributed by atoms with Gasteiger partial charge in [-0.05, 0) is 30.2 Å². The number of amides is 4. The second-order valence-corrected chi connectivity index (χ2v) is 9.92. The average Bonchev–Trinajstić information content (AvgIpc) is 2.91. The minimum atomic E-state index is -1.36. The highest BCUT2D eigenvalue weighted by molar-refractivity contribution is 5.93. The largest absolute Gasteiger partial charge is 0.445 e. The Kier molecular flexibility index (Phi) is 15.7. The van der Waals surface area contributed by atoms with Gasteiger partial charge >= 0.3 is 12.1 Å². The third-order valence-corrected chi connectivity index (χ3v) is 5.65. The Balaban J connectivity index is 2.57. The summed E-state index contributed by atoms with van der Waals surface area (Å²) in [6.45, 7) is 10.1. The van der Waals surface area contributed by atoms with Crippen LogP contribution < -0.4 is 21.3 Å². The summed E-state index contributed by atoms with van der Waals surface area (Å²) in [5.74, 6) is -2.89. The molecule has 0 aliphatic carbocycles. The molecule has 5 N–H and O–H groups in total. The normalized spacial score (nSPS) is 13.0. The van der Waals surface area contributed by atoms with Crippen molar-refractivity contribution in [1.82, 2.24) is 21.3 Å². The molecule has 40 heavy (non-hydrogen) atoms. The first kappa shape index (κ1) is 34.1. The molecule has 0 saturated carbocycles. The summed E-state index contributed by atoms with van der Waals surface area (Å²) < 4.78 is 9.89. The molecule has 1 aromatic rings. The summed E-state index contributed by atoms with van der Waals surface area (Å²) in [6.07, 6.45) is 0.955. The summed E-state index contributed by atoms with van der Waals surface area (Å²) in [4.78, 5) is 62.1. The predicted octanol–water partition coefficient (Wildman–Crippen LogP) is 1.53. The van der Waals surface area contributed by atoms with E-state index in [9.17, 15) is 29.1 Å². The van der Waals surface area contributed by atoms with Crippen LogP contribution in [0.5, 0.6) is 0 Å². The number of ether oxygens (including phenoxy) is 2. The van der Waals surface area contributed by atoms with Crippen molar-refractivity contribution >= 4 is 29.8 Å². The van der Waals surface area contributed by atoms with Crippen LogP contribution in [-0.4, -0.2) is 66.2 Å². The van der Waals surface area contributed by atoms with E-state index in [1.807, 2.05) is 44.2 Å². The lowest BCUT2D eigenvalue weighted by molar-refractivity contribution is -0.143. The highest BCUT2D eigenvalue weighted by Crippen LogP contribution is 2.08. The van der Waals surface area contributed by atoms with Crippen LogP contribution in [0.3, 0.4) is 0 Å². The van der Waals surface area contributed by atoms with E-state index in [2.05, 4.69) is 27.8 Å². The number of aliphatic hydroxyl groups is 1. The van der Waals surface area contributed by atoms with E-state index in [-0.39, 0.29) is 37.8 Å². The molecule has 4 amide bonds. The minimum absolute atomic E-state index is 0.0294. The van der Waals surface area contributed by atoms with Gasteiger partial charge in [-0.3, -0.25) is 14.4 Å². The zero-order valence-electron chi connectivity index (χ0n) is 23.6. The lowest BCUT2D eigenvalue weighted by Gasteiger charge is -2.26. The zero-order chi connectivity index (χ0) is 30.1. The SMILES string of the molecule is C=COC(=O)[C@H](CC(C)C)NC(=O)[C@H](CO)NC(=O)[C@@H](NC(=O)CCCNC(=O)OCc1ccccc1)C(C)C. The number of rotatable bonds is 17. The first-order valence-electron chi connectivity index (χ1n) is 13.2. The molecule has 12 heteroatoms. The van der Waals surface area contributed by atoms with E-state index in [0.29, 0.717) is 6.42 Å². The molecule has 0 aromatic heterocycles.